The molecule has 0 fully saturated rings. The molecule has 4 aromatic rings. The number of halogens is 2. The third-order valence-electron chi connectivity index (χ3n) is 6.96. The van der Waals surface area contributed by atoms with Crippen LogP contribution in [0.3, 0.4) is 0 Å². The van der Waals surface area contributed by atoms with Crippen molar-refractivity contribution >= 4 is 57.8 Å². The summed E-state index contributed by atoms with van der Waals surface area (Å²) in [7, 11) is 1.43. The molecule has 5 rings (SSSR count). The molecule has 0 saturated carbocycles. The van der Waals surface area contributed by atoms with Crippen LogP contribution >= 0.6 is 23.2 Å². The van der Waals surface area contributed by atoms with Crippen molar-refractivity contribution in [1.82, 2.24) is 0 Å². The maximum atomic E-state index is 13.7. The van der Waals surface area contributed by atoms with Gasteiger partial charge < -0.3 is 29.8 Å². The van der Waals surface area contributed by atoms with Crippen LogP contribution in [0.25, 0.3) is 0 Å². The number of hydrogen-bond donors (Lipinski definition) is 3. The van der Waals surface area contributed by atoms with E-state index in [-0.39, 0.29) is 50.7 Å². The Balaban J connectivity index is 1.52. The number of carbonyl (C=O) groups excluding carboxylic acids is 1. The van der Waals surface area contributed by atoms with E-state index in [1.807, 2.05) is 20.8 Å². The molecule has 212 valence electrons. The van der Waals surface area contributed by atoms with E-state index in [1.54, 1.807) is 18.2 Å². The van der Waals surface area contributed by atoms with E-state index in [0.29, 0.717) is 17.1 Å². The van der Waals surface area contributed by atoms with Crippen LogP contribution in [-0.2, 0) is 6.54 Å². The number of methoxy groups -OCH3 is 1. The van der Waals surface area contributed by atoms with Crippen molar-refractivity contribution < 1.29 is 23.8 Å². The van der Waals surface area contributed by atoms with Crippen LogP contribution in [-0.4, -0.2) is 24.1 Å². The molecule has 41 heavy (non-hydrogen) atoms. The standard InChI is InChI=1S/C29H25Cl2N3O7/c1-29(2,3)26(19-9-10-20(31)41-19)33-23-22(24(35)25(23)36)32-17-8-7-16(30)15-12-34(27(37)21(15)17)18-11-13(40-4)5-6-14(18)28(38)39/h5-11,26,32-33H,12H2,1-4H3,(H,38,39)/t26-/m0/s1. The zero-order valence-electron chi connectivity index (χ0n) is 22.4. The summed E-state index contributed by atoms with van der Waals surface area (Å²) >= 11 is 12.4. The maximum absolute atomic E-state index is 13.7. The smallest absolute Gasteiger partial charge is 0.337 e. The molecule has 3 N–H and O–H groups in total. The summed E-state index contributed by atoms with van der Waals surface area (Å²) in [6.07, 6.45) is 0. The number of nitrogens with one attached hydrogen (secondary N) is 2. The van der Waals surface area contributed by atoms with Gasteiger partial charge in [-0.25, -0.2) is 4.79 Å². The average Bonchev–Trinajstić information content (AvgIpc) is 3.51. The minimum Gasteiger partial charge on any atom is -0.497 e. The number of amides is 1. The quantitative estimate of drug-likeness (QED) is 0.209. The monoisotopic (exact) mass is 597 g/mol. The molecule has 12 heteroatoms. The van der Waals surface area contributed by atoms with Crippen LogP contribution in [0.15, 0.2) is 56.5 Å². The number of aromatic carboxylic acids is 1. The van der Waals surface area contributed by atoms with Crippen LogP contribution in [0.1, 0.15) is 58.9 Å². The van der Waals surface area contributed by atoms with Gasteiger partial charge in [-0.1, -0.05) is 32.4 Å². The summed E-state index contributed by atoms with van der Waals surface area (Å²) in [5, 5.41) is 16.3. The third-order valence-corrected chi connectivity index (χ3v) is 7.52. The van der Waals surface area contributed by atoms with Gasteiger partial charge in [0.15, 0.2) is 5.22 Å². The number of carboxylic acid groups (broad SMARTS) is 1. The second-order valence-electron chi connectivity index (χ2n) is 10.6. The highest BCUT2D eigenvalue weighted by Crippen LogP contribution is 2.42. The first-order valence-electron chi connectivity index (χ1n) is 12.5. The molecule has 0 spiro atoms. The van der Waals surface area contributed by atoms with Gasteiger partial charge in [0, 0.05) is 16.7 Å². The van der Waals surface area contributed by atoms with Gasteiger partial charge in [-0.2, -0.15) is 0 Å². The van der Waals surface area contributed by atoms with Gasteiger partial charge in [-0.3, -0.25) is 14.4 Å². The lowest BCUT2D eigenvalue weighted by Crippen LogP contribution is -2.39. The number of rotatable bonds is 8. The first kappa shape index (κ1) is 28.3. The molecular weight excluding hydrogens is 573 g/mol. The largest absolute Gasteiger partial charge is 0.497 e. The van der Waals surface area contributed by atoms with Gasteiger partial charge >= 0.3 is 5.97 Å². The van der Waals surface area contributed by atoms with E-state index < -0.39 is 34.2 Å². The topological polar surface area (TPSA) is 138 Å². The van der Waals surface area contributed by atoms with Crippen molar-refractivity contribution in [2.45, 2.75) is 33.4 Å². The predicted octanol–water partition coefficient (Wildman–Crippen LogP) is 5.99. The van der Waals surface area contributed by atoms with Gasteiger partial charge in [0.05, 0.1) is 42.2 Å². The fraction of sp³-hybridized carbons (Fsp3) is 0.241. The minimum absolute atomic E-state index is 0.0155. The Labute approximate surface area is 244 Å². The van der Waals surface area contributed by atoms with Gasteiger partial charge in [0.2, 0.25) is 0 Å². The number of fused-ring (bicyclic) bond motifs is 1. The van der Waals surface area contributed by atoms with E-state index in [9.17, 15) is 24.3 Å². The second-order valence-corrected chi connectivity index (χ2v) is 11.4. The van der Waals surface area contributed by atoms with Gasteiger partial charge in [-0.15, -0.1) is 0 Å². The Morgan fingerprint density at radius 2 is 1.76 bits per heavy atom. The fourth-order valence-corrected chi connectivity index (χ4v) is 5.22. The van der Waals surface area contributed by atoms with Crippen LogP contribution in [0.5, 0.6) is 5.75 Å². The molecule has 1 aliphatic heterocycles. The second kappa shape index (κ2) is 10.3. The molecule has 1 atom stereocenters. The maximum Gasteiger partial charge on any atom is 0.337 e. The molecule has 0 radical (unpaired) electrons. The van der Waals surface area contributed by atoms with Crippen molar-refractivity contribution in [3.8, 4) is 5.75 Å². The van der Waals surface area contributed by atoms with Gasteiger partial charge in [-0.05, 0) is 53.4 Å². The molecule has 0 unspecified atom stereocenters. The van der Waals surface area contributed by atoms with Crippen LogP contribution in [0, 0.1) is 5.41 Å². The average molecular weight is 598 g/mol. The summed E-state index contributed by atoms with van der Waals surface area (Å²) < 4.78 is 10.8. The first-order chi connectivity index (χ1) is 19.3. The number of ether oxygens (including phenoxy) is 1. The number of nitrogens with zero attached hydrogens (tertiary/aromatic N) is 1. The van der Waals surface area contributed by atoms with E-state index in [2.05, 4.69) is 10.6 Å². The lowest BCUT2D eigenvalue weighted by molar-refractivity contribution is 0.0697. The van der Waals surface area contributed by atoms with Crippen molar-refractivity contribution in [3.05, 3.63) is 95.6 Å². The number of benzene rings is 2. The van der Waals surface area contributed by atoms with E-state index in [4.69, 9.17) is 32.4 Å². The Kier molecular flexibility index (Phi) is 7.08. The summed E-state index contributed by atoms with van der Waals surface area (Å²) in [5.41, 5.74) is -1.06. The Morgan fingerprint density at radius 3 is 2.37 bits per heavy atom. The molecule has 1 amide bonds. The fourth-order valence-electron chi connectivity index (χ4n) is 4.85. The summed E-state index contributed by atoms with van der Waals surface area (Å²) in [5.74, 6) is -0.913. The third kappa shape index (κ3) is 4.93. The summed E-state index contributed by atoms with van der Waals surface area (Å²) in [6, 6.07) is 10.1. The van der Waals surface area contributed by atoms with E-state index >= 15 is 0 Å². The lowest BCUT2D eigenvalue weighted by Gasteiger charge is -2.31. The highest BCUT2D eigenvalue weighted by Gasteiger charge is 2.37. The molecule has 0 aliphatic carbocycles. The van der Waals surface area contributed by atoms with Crippen molar-refractivity contribution in [2.75, 3.05) is 22.6 Å². The predicted molar refractivity (Wildman–Crippen MR) is 156 cm³/mol. The number of furan rings is 1. The molecular formula is C29H25Cl2N3O7. The molecule has 0 bridgehead atoms. The van der Waals surface area contributed by atoms with Gasteiger partial charge in [0.1, 0.15) is 22.9 Å². The molecule has 3 aromatic carbocycles. The molecule has 1 aliphatic rings. The number of carbonyl (C=O) groups is 2. The highest BCUT2D eigenvalue weighted by molar-refractivity contribution is 6.33. The van der Waals surface area contributed by atoms with Crippen LogP contribution < -0.4 is 31.1 Å². The molecule has 2 heterocycles. The van der Waals surface area contributed by atoms with Crippen molar-refractivity contribution in [3.63, 3.8) is 0 Å². The normalized spacial score (nSPS) is 13.8. The summed E-state index contributed by atoms with van der Waals surface area (Å²) in [4.78, 5) is 52.4. The Bertz CT molecular complexity index is 1780. The minimum atomic E-state index is -1.22. The zero-order chi connectivity index (χ0) is 29.8. The molecule has 10 nitrogen and oxygen atoms in total. The van der Waals surface area contributed by atoms with Crippen molar-refractivity contribution in [1.29, 1.82) is 0 Å². The SMILES string of the molecule is COc1ccc(C(=O)O)c(N2Cc3c(Cl)ccc(Nc4c(N[C@@H](c5ccc(Cl)o5)C(C)(C)C)c(=O)c4=O)c3C2=O)c1. The molecule has 1 aromatic heterocycles. The zero-order valence-corrected chi connectivity index (χ0v) is 23.9. The lowest BCUT2D eigenvalue weighted by atomic mass is 9.85. The molecule has 0 saturated heterocycles. The van der Waals surface area contributed by atoms with E-state index in [0.717, 1.165) is 0 Å². The van der Waals surface area contributed by atoms with Crippen molar-refractivity contribution in [2.24, 2.45) is 5.41 Å². The number of anilines is 4. The Hall–Kier alpha value is -4.28. The first-order valence-corrected chi connectivity index (χ1v) is 13.2. The Morgan fingerprint density at radius 1 is 1.05 bits per heavy atom. The van der Waals surface area contributed by atoms with E-state index in [1.165, 1.54) is 36.3 Å². The van der Waals surface area contributed by atoms with Gasteiger partial charge in [0.25, 0.3) is 16.8 Å². The number of hydrogen-bond acceptors (Lipinski definition) is 8. The number of carboxylic acids is 1. The summed E-state index contributed by atoms with van der Waals surface area (Å²) in [6.45, 7) is 5.79. The highest BCUT2D eigenvalue weighted by atomic mass is 35.5. The van der Waals surface area contributed by atoms with Crippen LogP contribution in [0.4, 0.5) is 22.7 Å². The van der Waals surface area contributed by atoms with Crippen LogP contribution in [0.2, 0.25) is 10.2 Å².